The van der Waals surface area contributed by atoms with E-state index in [2.05, 4.69) is 18.5 Å². The third kappa shape index (κ3) is 7.06. The Morgan fingerprint density at radius 2 is 1.83 bits per heavy atom. The molecule has 184 valence electrons. The van der Waals surface area contributed by atoms with E-state index in [0.29, 0.717) is 30.9 Å². The predicted molar refractivity (Wildman–Crippen MR) is 140 cm³/mol. The topological polar surface area (TPSA) is 76.5 Å². The summed E-state index contributed by atoms with van der Waals surface area (Å²) in [4.78, 5) is 31.8. The van der Waals surface area contributed by atoms with Crippen LogP contribution in [0.15, 0.2) is 73.8 Å². The first kappa shape index (κ1) is 25.7. The number of fused-ring (bicyclic) bond motifs is 1. The first-order chi connectivity index (χ1) is 17.1. The number of carbonyl (C=O) groups is 2. The first-order valence-electron chi connectivity index (χ1n) is 11.9. The predicted octanol–water partition coefficient (Wildman–Crippen LogP) is 4.39. The van der Waals surface area contributed by atoms with E-state index in [1.165, 1.54) is 0 Å². The second-order valence-electron chi connectivity index (χ2n) is 8.28. The maximum atomic E-state index is 13.0. The van der Waals surface area contributed by atoms with Crippen molar-refractivity contribution in [2.24, 2.45) is 0 Å². The summed E-state index contributed by atoms with van der Waals surface area (Å²) in [5, 5.41) is 2.96. The van der Waals surface area contributed by atoms with E-state index in [-0.39, 0.29) is 18.4 Å². The highest BCUT2D eigenvalue weighted by molar-refractivity contribution is 5.94. The molecule has 0 atom stereocenters. The lowest BCUT2D eigenvalue weighted by molar-refractivity contribution is -0.130. The summed E-state index contributed by atoms with van der Waals surface area (Å²) < 4.78 is 7.19. The van der Waals surface area contributed by atoms with Gasteiger partial charge < -0.3 is 19.5 Å². The Kier molecular flexibility index (Phi) is 9.66. The van der Waals surface area contributed by atoms with Crippen molar-refractivity contribution in [1.29, 1.82) is 0 Å². The molecule has 7 nitrogen and oxygen atoms in total. The van der Waals surface area contributed by atoms with Gasteiger partial charge in [0.25, 0.3) is 5.91 Å². The van der Waals surface area contributed by atoms with Gasteiger partial charge in [0.2, 0.25) is 5.91 Å². The first-order valence-corrected chi connectivity index (χ1v) is 11.9. The molecule has 0 bridgehead atoms. The number of hydrogen-bond donors (Lipinski definition) is 1. The Morgan fingerprint density at radius 3 is 2.57 bits per heavy atom. The number of amides is 2. The molecule has 1 heterocycles. The number of aryl methyl sites for hydroxylation is 1. The van der Waals surface area contributed by atoms with Crippen molar-refractivity contribution in [2.45, 2.75) is 32.2 Å². The number of benzene rings is 2. The number of unbranched alkanes of at least 4 members (excludes halogenated alkanes) is 2. The van der Waals surface area contributed by atoms with Crippen molar-refractivity contribution in [3.8, 4) is 5.75 Å². The van der Waals surface area contributed by atoms with Crippen molar-refractivity contribution >= 4 is 22.8 Å². The molecule has 3 rings (SSSR count). The summed E-state index contributed by atoms with van der Waals surface area (Å²) in [6, 6.07) is 15.0. The molecule has 1 aromatic heterocycles. The van der Waals surface area contributed by atoms with Crippen molar-refractivity contribution < 1.29 is 14.3 Å². The molecule has 35 heavy (non-hydrogen) atoms. The molecule has 0 aliphatic carbocycles. The van der Waals surface area contributed by atoms with E-state index < -0.39 is 0 Å². The fraction of sp³-hybridized carbons (Fsp3) is 0.321. The van der Waals surface area contributed by atoms with Crippen LogP contribution in [0.4, 0.5) is 0 Å². The molecule has 0 radical (unpaired) electrons. The number of nitrogens with zero attached hydrogens (tertiary/aromatic N) is 3. The second kappa shape index (κ2) is 13.1. The van der Waals surface area contributed by atoms with Crippen LogP contribution < -0.4 is 10.1 Å². The summed E-state index contributed by atoms with van der Waals surface area (Å²) in [5.74, 6) is 1.47. The molecule has 0 fully saturated rings. The summed E-state index contributed by atoms with van der Waals surface area (Å²) >= 11 is 0. The number of imidazole rings is 1. The van der Waals surface area contributed by atoms with Crippen LogP contribution in [0.1, 0.15) is 35.4 Å². The fourth-order valence-electron chi connectivity index (χ4n) is 3.97. The molecule has 0 aliphatic heterocycles. The zero-order chi connectivity index (χ0) is 25.0. The van der Waals surface area contributed by atoms with Gasteiger partial charge in [-0.2, -0.15) is 0 Å². The van der Waals surface area contributed by atoms with Crippen LogP contribution in [0.25, 0.3) is 11.0 Å². The number of hydrogen-bond acceptors (Lipinski definition) is 4. The van der Waals surface area contributed by atoms with E-state index in [4.69, 9.17) is 9.72 Å². The van der Waals surface area contributed by atoms with Crippen molar-refractivity contribution in [2.75, 3.05) is 26.7 Å². The van der Waals surface area contributed by atoms with Gasteiger partial charge in [0, 0.05) is 31.6 Å². The normalized spacial score (nSPS) is 10.7. The van der Waals surface area contributed by atoms with Gasteiger partial charge in [0.15, 0.2) is 0 Å². The summed E-state index contributed by atoms with van der Waals surface area (Å²) in [6.45, 7) is 9.29. The summed E-state index contributed by atoms with van der Waals surface area (Å²) in [5.41, 5.74) is 2.43. The van der Waals surface area contributed by atoms with Crippen LogP contribution in [0.5, 0.6) is 5.75 Å². The largest absolute Gasteiger partial charge is 0.497 e. The minimum Gasteiger partial charge on any atom is -0.497 e. The maximum absolute atomic E-state index is 13.0. The van der Waals surface area contributed by atoms with Crippen LogP contribution in [-0.2, 0) is 17.8 Å². The zero-order valence-electron chi connectivity index (χ0n) is 20.4. The Morgan fingerprint density at radius 1 is 1.06 bits per heavy atom. The Bertz CT molecular complexity index is 1160. The molecule has 3 aromatic rings. The summed E-state index contributed by atoms with van der Waals surface area (Å²) in [7, 11) is 1.58. The number of para-hydroxylation sites is 2. The number of ether oxygens (including phenoxy) is 1. The van der Waals surface area contributed by atoms with Crippen molar-refractivity contribution in [3.05, 3.63) is 85.2 Å². The minimum absolute atomic E-state index is 0.00876. The number of methoxy groups -OCH3 is 1. The van der Waals surface area contributed by atoms with E-state index in [0.717, 1.165) is 42.5 Å². The molecule has 7 heteroatoms. The monoisotopic (exact) mass is 474 g/mol. The Labute approximate surface area is 207 Å². The van der Waals surface area contributed by atoms with Crippen LogP contribution >= 0.6 is 0 Å². The lowest BCUT2D eigenvalue weighted by Crippen LogP contribution is -2.34. The smallest absolute Gasteiger partial charge is 0.251 e. The average molecular weight is 475 g/mol. The number of nitrogens with one attached hydrogen (secondary N) is 1. The average Bonchev–Trinajstić information content (AvgIpc) is 3.22. The van der Waals surface area contributed by atoms with Crippen LogP contribution in [0.2, 0.25) is 0 Å². The van der Waals surface area contributed by atoms with E-state index >= 15 is 0 Å². The molecular weight excluding hydrogens is 440 g/mol. The SMILES string of the molecule is C=CCN(CC=C)C(=O)Cn1c(CCCCCNC(=O)c2cccc(OC)c2)nc2ccccc21. The van der Waals surface area contributed by atoms with E-state index in [1.54, 1.807) is 42.4 Å². The lowest BCUT2D eigenvalue weighted by Gasteiger charge is -2.20. The highest BCUT2D eigenvalue weighted by atomic mass is 16.5. The minimum atomic E-state index is -0.104. The van der Waals surface area contributed by atoms with Crippen LogP contribution in [0, 0.1) is 0 Å². The maximum Gasteiger partial charge on any atom is 0.251 e. The fourth-order valence-corrected chi connectivity index (χ4v) is 3.97. The number of aromatic nitrogens is 2. The zero-order valence-corrected chi connectivity index (χ0v) is 20.4. The molecule has 2 aromatic carbocycles. The van der Waals surface area contributed by atoms with Gasteiger partial charge in [-0.15, -0.1) is 13.2 Å². The molecule has 0 saturated heterocycles. The van der Waals surface area contributed by atoms with Gasteiger partial charge in [-0.05, 0) is 43.2 Å². The molecule has 2 amide bonds. The van der Waals surface area contributed by atoms with Gasteiger partial charge >= 0.3 is 0 Å². The third-order valence-electron chi connectivity index (χ3n) is 5.77. The van der Waals surface area contributed by atoms with E-state index in [1.807, 2.05) is 34.9 Å². The van der Waals surface area contributed by atoms with Gasteiger partial charge in [-0.1, -0.05) is 36.8 Å². The van der Waals surface area contributed by atoms with E-state index in [9.17, 15) is 9.59 Å². The van der Waals surface area contributed by atoms with Gasteiger partial charge in [0.1, 0.15) is 18.1 Å². The molecule has 0 aliphatic rings. The standard InChI is InChI=1S/C28H34N4O3/c1-4-18-31(19-5-2)27(33)21-32-25-15-9-8-14-24(25)30-26(32)16-7-6-10-17-29-28(34)22-12-11-13-23(20-22)35-3/h4-5,8-9,11-15,20H,1-2,6-7,10,16-19,21H2,3H3,(H,29,34). The van der Waals surface area contributed by atoms with Crippen molar-refractivity contribution in [1.82, 2.24) is 19.8 Å². The van der Waals surface area contributed by atoms with Crippen LogP contribution in [-0.4, -0.2) is 53.0 Å². The highest BCUT2D eigenvalue weighted by Crippen LogP contribution is 2.18. The quantitative estimate of drug-likeness (QED) is 0.278. The highest BCUT2D eigenvalue weighted by Gasteiger charge is 2.17. The molecule has 0 unspecified atom stereocenters. The number of carbonyl (C=O) groups excluding carboxylic acids is 2. The Hall–Kier alpha value is -3.87. The Balaban J connectivity index is 1.55. The molecular formula is C28H34N4O3. The summed E-state index contributed by atoms with van der Waals surface area (Å²) in [6.07, 6.45) is 6.92. The lowest BCUT2D eigenvalue weighted by atomic mass is 10.1. The second-order valence-corrected chi connectivity index (χ2v) is 8.28. The van der Waals surface area contributed by atoms with Gasteiger partial charge in [0.05, 0.1) is 18.1 Å². The molecule has 0 saturated carbocycles. The third-order valence-corrected chi connectivity index (χ3v) is 5.77. The van der Waals surface area contributed by atoms with Gasteiger partial charge in [-0.3, -0.25) is 9.59 Å². The van der Waals surface area contributed by atoms with Gasteiger partial charge in [-0.25, -0.2) is 4.98 Å². The van der Waals surface area contributed by atoms with Crippen LogP contribution in [0.3, 0.4) is 0 Å². The number of rotatable bonds is 14. The molecule has 1 N–H and O–H groups in total. The molecule has 0 spiro atoms. The van der Waals surface area contributed by atoms with Crippen molar-refractivity contribution in [3.63, 3.8) is 0 Å².